The molecule has 1 aliphatic rings. The number of rotatable bonds is 9. The van der Waals surface area contributed by atoms with Gasteiger partial charge in [0.15, 0.2) is 11.7 Å². The van der Waals surface area contributed by atoms with Crippen LogP contribution in [0.15, 0.2) is 15.6 Å². The van der Waals surface area contributed by atoms with Crippen molar-refractivity contribution >= 4 is 29.9 Å². The Hall–Kier alpha value is -0.870. The van der Waals surface area contributed by atoms with Crippen LogP contribution >= 0.6 is 24.0 Å². The molecule has 2 heterocycles. The maximum absolute atomic E-state index is 5.64. The zero-order chi connectivity index (χ0) is 17.2. The highest BCUT2D eigenvalue weighted by Crippen LogP contribution is 2.14. The number of hydrogen-bond donors (Lipinski definition) is 2. The van der Waals surface area contributed by atoms with E-state index in [0.717, 1.165) is 43.4 Å². The lowest BCUT2D eigenvalue weighted by Crippen LogP contribution is -2.39. The van der Waals surface area contributed by atoms with Gasteiger partial charge in [-0.3, -0.25) is 0 Å². The van der Waals surface area contributed by atoms with Crippen molar-refractivity contribution in [3.8, 4) is 0 Å². The maximum Gasteiger partial charge on any atom is 0.191 e. The molecule has 25 heavy (non-hydrogen) atoms. The Morgan fingerprint density at radius 1 is 1.44 bits per heavy atom. The molecule has 1 aromatic heterocycles. The maximum atomic E-state index is 5.64. The Bertz CT molecular complexity index is 502. The summed E-state index contributed by atoms with van der Waals surface area (Å²) in [6.45, 7) is 10.4. The number of aliphatic imine (C=N–C) groups is 1. The third kappa shape index (κ3) is 8.37. The molecular weight excluding hydrogens is 435 g/mol. The molecule has 1 fully saturated rings. The van der Waals surface area contributed by atoms with Crippen molar-refractivity contribution < 1.29 is 14.0 Å². The average Bonchev–Trinajstić information content (AvgIpc) is 3.23. The SMILES string of the molecule is CCNC(=NCc1cc(C(C)C)no1)NCCOCC1CCCO1.I. The molecule has 1 atom stereocenters. The summed E-state index contributed by atoms with van der Waals surface area (Å²) in [6, 6.07) is 1.96. The third-order valence-electron chi connectivity index (χ3n) is 3.77. The van der Waals surface area contributed by atoms with Crippen LogP contribution in [0.4, 0.5) is 0 Å². The normalized spacial score (nSPS) is 17.6. The largest absolute Gasteiger partial charge is 0.377 e. The van der Waals surface area contributed by atoms with Crippen molar-refractivity contribution in [3.63, 3.8) is 0 Å². The van der Waals surface area contributed by atoms with E-state index in [9.17, 15) is 0 Å². The van der Waals surface area contributed by atoms with Crippen molar-refractivity contribution in [2.24, 2.45) is 4.99 Å². The monoisotopic (exact) mass is 466 g/mol. The van der Waals surface area contributed by atoms with Gasteiger partial charge in [-0.05, 0) is 25.7 Å². The molecular formula is C17H31IN4O3. The summed E-state index contributed by atoms with van der Waals surface area (Å²) in [5, 5.41) is 10.5. The van der Waals surface area contributed by atoms with Gasteiger partial charge in [0.05, 0.1) is 25.0 Å². The topological polar surface area (TPSA) is 80.9 Å². The van der Waals surface area contributed by atoms with Crippen LogP contribution in [-0.2, 0) is 16.0 Å². The van der Waals surface area contributed by atoms with Crippen molar-refractivity contribution in [2.75, 3.05) is 32.9 Å². The van der Waals surface area contributed by atoms with Gasteiger partial charge in [0.1, 0.15) is 6.54 Å². The fourth-order valence-corrected chi connectivity index (χ4v) is 2.41. The number of nitrogens with one attached hydrogen (secondary N) is 2. The fourth-order valence-electron chi connectivity index (χ4n) is 2.41. The van der Waals surface area contributed by atoms with Crippen LogP contribution in [0.1, 0.15) is 51.0 Å². The van der Waals surface area contributed by atoms with E-state index in [1.807, 2.05) is 13.0 Å². The lowest BCUT2D eigenvalue weighted by molar-refractivity contribution is 0.0191. The quantitative estimate of drug-likeness (QED) is 0.252. The predicted molar refractivity (Wildman–Crippen MR) is 109 cm³/mol. The Kier molecular flexibility index (Phi) is 11.1. The molecule has 2 N–H and O–H groups in total. The lowest BCUT2D eigenvalue weighted by Gasteiger charge is -2.13. The number of hydrogen-bond acceptors (Lipinski definition) is 5. The standard InChI is InChI=1S/C17H30N4O3.HI/c1-4-18-17(19-7-9-22-12-14-6-5-8-23-14)20-11-15-10-16(13(2)3)21-24-15;/h10,13-14H,4-9,11-12H2,1-3H3,(H2,18,19,20);1H. The minimum atomic E-state index is 0. The van der Waals surface area contributed by atoms with E-state index < -0.39 is 0 Å². The van der Waals surface area contributed by atoms with Crippen LogP contribution in [0.25, 0.3) is 0 Å². The fraction of sp³-hybridized carbons (Fsp3) is 0.765. The molecule has 7 nitrogen and oxygen atoms in total. The minimum Gasteiger partial charge on any atom is -0.377 e. The summed E-state index contributed by atoms with van der Waals surface area (Å²) in [5.74, 6) is 1.88. The van der Waals surface area contributed by atoms with Gasteiger partial charge in [-0.2, -0.15) is 0 Å². The molecule has 1 aromatic rings. The van der Waals surface area contributed by atoms with Crippen molar-refractivity contribution in [1.82, 2.24) is 15.8 Å². The van der Waals surface area contributed by atoms with E-state index >= 15 is 0 Å². The van der Waals surface area contributed by atoms with Crippen LogP contribution in [0.3, 0.4) is 0 Å². The summed E-state index contributed by atoms with van der Waals surface area (Å²) in [7, 11) is 0. The van der Waals surface area contributed by atoms with Crippen LogP contribution in [0, 0.1) is 0 Å². The van der Waals surface area contributed by atoms with Gasteiger partial charge in [0, 0.05) is 25.8 Å². The van der Waals surface area contributed by atoms with E-state index in [1.165, 1.54) is 0 Å². The van der Waals surface area contributed by atoms with E-state index in [-0.39, 0.29) is 30.1 Å². The van der Waals surface area contributed by atoms with Gasteiger partial charge >= 0.3 is 0 Å². The second kappa shape index (κ2) is 12.5. The highest BCUT2D eigenvalue weighted by Gasteiger charge is 2.15. The Morgan fingerprint density at radius 3 is 2.92 bits per heavy atom. The van der Waals surface area contributed by atoms with Crippen molar-refractivity contribution in [2.45, 2.75) is 52.2 Å². The first kappa shape index (κ1) is 22.2. The third-order valence-corrected chi connectivity index (χ3v) is 3.77. The summed E-state index contributed by atoms with van der Waals surface area (Å²) in [5.41, 5.74) is 0.959. The molecule has 144 valence electrons. The van der Waals surface area contributed by atoms with Crippen molar-refractivity contribution in [1.29, 1.82) is 0 Å². The number of ether oxygens (including phenoxy) is 2. The minimum absolute atomic E-state index is 0. The highest BCUT2D eigenvalue weighted by atomic mass is 127. The van der Waals surface area contributed by atoms with Gasteiger partial charge in [0.25, 0.3) is 0 Å². The molecule has 0 bridgehead atoms. The molecule has 1 unspecified atom stereocenters. The second-order valence-electron chi connectivity index (χ2n) is 6.20. The summed E-state index contributed by atoms with van der Waals surface area (Å²) >= 11 is 0. The first-order chi connectivity index (χ1) is 11.7. The van der Waals surface area contributed by atoms with Crippen molar-refractivity contribution in [3.05, 3.63) is 17.5 Å². The first-order valence-corrected chi connectivity index (χ1v) is 8.86. The molecule has 0 amide bonds. The summed E-state index contributed by atoms with van der Waals surface area (Å²) in [6.07, 6.45) is 2.52. The molecule has 0 spiro atoms. The number of aromatic nitrogens is 1. The smallest absolute Gasteiger partial charge is 0.191 e. The lowest BCUT2D eigenvalue weighted by atomic mass is 10.1. The highest BCUT2D eigenvalue weighted by molar-refractivity contribution is 14.0. The Balaban J connectivity index is 0.00000312. The first-order valence-electron chi connectivity index (χ1n) is 8.86. The average molecular weight is 466 g/mol. The molecule has 0 saturated carbocycles. The van der Waals surface area contributed by atoms with Crippen LogP contribution in [0.2, 0.25) is 0 Å². The predicted octanol–water partition coefficient (Wildman–Crippen LogP) is 2.67. The van der Waals surface area contributed by atoms with E-state index in [2.05, 4.69) is 34.6 Å². The molecule has 1 saturated heterocycles. The van der Waals surface area contributed by atoms with Gasteiger partial charge in [0.2, 0.25) is 0 Å². The van der Waals surface area contributed by atoms with Crippen LogP contribution < -0.4 is 10.6 Å². The Labute approximate surface area is 167 Å². The molecule has 8 heteroatoms. The van der Waals surface area contributed by atoms with Gasteiger partial charge in [-0.25, -0.2) is 4.99 Å². The summed E-state index contributed by atoms with van der Waals surface area (Å²) in [4.78, 5) is 4.51. The molecule has 1 aliphatic heterocycles. The van der Waals surface area contributed by atoms with E-state index in [1.54, 1.807) is 0 Å². The zero-order valence-corrected chi connectivity index (χ0v) is 17.7. The summed E-state index contributed by atoms with van der Waals surface area (Å²) < 4.78 is 16.5. The van der Waals surface area contributed by atoms with Gasteiger partial charge in [-0.15, -0.1) is 24.0 Å². The number of halogens is 1. The van der Waals surface area contributed by atoms with Gasteiger partial charge < -0.3 is 24.6 Å². The molecule has 0 aliphatic carbocycles. The van der Waals surface area contributed by atoms with Crippen LogP contribution in [0.5, 0.6) is 0 Å². The Morgan fingerprint density at radius 2 is 2.28 bits per heavy atom. The molecule has 0 radical (unpaired) electrons. The molecule has 0 aromatic carbocycles. The van der Waals surface area contributed by atoms with Crippen LogP contribution in [-0.4, -0.2) is 50.1 Å². The number of nitrogens with zero attached hydrogens (tertiary/aromatic N) is 2. The van der Waals surface area contributed by atoms with Gasteiger partial charge in [-0.1, -0.05) is 19.0 Å². The number of guanidine groups is 1. The van der Waals surface area contributed by atoms with E-state index in [4.69, 9.17) is 14.0 Å². The van der Waals surface area contributed by atoms with E-state index in [0.29, 0.717) is 32.2 Å². The zero-order valence-electron chi connectivity index (χ0n) is 15.4. The molecule has 2 rings (SSSR count). The second-order valence-corrected chi connectivity index (χ2v) is 6.20.